The van der Waals surface area contributed by atoms with Gasteiger partial charge in [0.05, 0.1) is 14.2 Å². The maximum absolute atomic E-state index is 6.10. The number of nitrogens with two attached hydrogens (primary N) is 1. The van der Waals surface area contributed by atoms with E-state index in [4.69, 9.17) is 15.2 Å². The van der Waals surface area contributed by atoms with E-state index in [1.165, 1.54) is 11.1 Å². The number of nitrogens with zero attached hydrogens (tertiary/aromatic N) is 1. The monoisotopic (exact) mass is 292 g/mol. The van der Waals surface area contributed by atoms with Gasteiger partial charge in [-0.3, -0.25) is 4.90 Å². The third-order valence-electron chi connectivity index (χ3n) is 4.66. The average Bonchev–Trinajstić information content (AvgIpc) is 2.45. The van der Waals surface area contributed by atoms with Gasteiger partial charge in [0.2, 0.25) is 0 Å². The molecular weight excluding hydrogens is 264 g/mol. The van der Waals surface area contributed by atoms with Gasteiger partial charge in [0.1, 0.15) is 0 Å². The van der Waals surface area contributed by atoms with Crippen LogP contribution >= 0.6 is 0 Å². The molecule has 0 saturated carbocycles. The molecule has 0 aromatic heterocycles. The summed E-state index contributed by atoms with van der Waals surface area (Å²) in [5.41, 5.74) is 8.92. The summed E-state index contributed by atoms with van der Waals surface area (Å²) in [5, 5.41) is 0. The SMILES string of the molecule is COc1cc2c(cc1OC)CN(CC(C)(C)C(C)N)CC2. The van der Waals surface area contributed by atoms with Gasteiger partial charge in [0.15, 0.2) is 11.5 Å². The zero-order chi connectivity index (χ0) is 15.6. The van der Waals surface area contributed by atoms with E-state index in [9.17, 15) is 0 Å². The Morgan fingerprint density at radius 3 is 2.29 bits per heavy atom. The summed E-state index contributed by atoms with van der Waals surface area (Å²) in [5.74, 6) is 1.63. The lowest BCUT2D eigenvalue weighted by atomic mass is 9.84. The Kier molecular flexibility index (Phi) is 4.79. The Balaban J connectivity index is 2.17. The van der Waals surface area contributed by atoms with Crippen LogP contribution in [0.3, 0.4) is 0 Å². The van der Waals surface area contributed by atoms with Gasteiger partial charge in [-0.2, -0.15) is 0 Å². The van der Waals surface area contributed by atoms with E-state index < -0.39 is 0 Å². The Labute approximate surface area is 128 Å². The Morgan fingerprint density at radius 2 is 1.76 bits per heavy atom. The summed E-state index contributed by atoms with van der Waals surface area (Å²) in [6.45, 7) is 9.60. The summed E-state index contributed by atoms with van der Waals surface area (Å²) in [4.78, 5) is 2.48. The molecule has 2 rings (SSSR count). The zero-order valence-corrected chi connectivity index (χ0v) is 13.9. The lowest BCUT2D eigenvalue weighted by Gasteiger charge is -2.38. The first-order valence-corrected chi connectivity index (χ1v) is 7.59. The molecule has 4 heteroatoms. The van der Waals surface area contributed by atoms with Crippen LogP contribution in [-0.2, 0) is 13.0 Å². The van der Waals surface area contributed by atoms with E-state index in [0.717, 1.165) is 37.6 Å². The van der Waals surface area contributed by atoms with Crippen molar-refractivity contribution in [3.05, 3.63) is 23.3 Å². The summed E-state index contributed by atoms with van der Waals surface area (Å²) in [6.07, 6.45) is 1.05. The minimum atomic E-state index is 0.119. The lowest BCUT2D eigenvalue weighted by Crippen LogP contribution is -2.45. The summed E-state index contributed by atoms with van der Waals surface area (Å²) in [7, 11) is 3.37. The lowest BCUT2D eigenvalue weighted by molar-refractivity contribution is 0.145. The van der Waals surface area contributed by atoms with Gasteiger partial charge >= 0.3 is 0 Å². The van der Waals surface area contributed by atoms with Gasteiger partial charge in [-0.25, -0.2) is 0 Å². The van der Waals surface area contributed by atoms with Gasteiger partial charge in [0.25, 0.3) is 0 Å². The molecule has 4 nitrogen and oxygen atoms in total. The van der Waals surface area contributed by atoms with Gasteiger partial charge < -0.3 is 15.2 Å². The minimum absolute atomic E-state index is 0.119. The highest BCUT2D eigenvalue weighted by atomic mass is 16.5. The van der Waals surface area contributed by atoms with Gasteiger partial charge in [0, 0.05) is 25.7 Å². The molecule has 0 spiro atoms. The molecule has 118 valence electrons. The Morgan fingerprint density at radius 1 is 1.19 bits per heavy atom. The molecule has 0 amide bonds. The molecule has 1 heterocycles. The Hall–Kier alpha value is -1.26. The highest BCUT2D eigenvalue weighted by molar-refractivity contribution is 5.48. The maximum Gasteiger partial charge on any atom is 0.161 e. The third-order valence-corrected chi connectivity index (χ3v) is 4.66. The van der Waals surface area contributed by atoms with E-state index in [1.54, 1.807) is 14.2 Å². The number of rotatable bonds is 5. The molecule has 1 aliphatic rings. The molecule has 0 radical (unpaired) electrons. The molecule has 0 fully saturated rings. The highest BCUT2D eigenvalue weighted by Gasteiger charge is 2.28. The molecule has 21 heavy (non-hydrogen) atoms. The molecule has 1 aromatic carbocycles. The molecule has 1 aromatic rings. The van der Waals surface area contributed by atoms with Crippen molar-refractivity contribution >= 4 is 0 Å². The second kappa shape index (κ2) is 6.24. The van der Waals surface area contributed by atoms with Crippen molar-refractivity contribution in [2.75, 3.05) is 27.3 Å². The van der Waals surface area contributed by atoms with Crippen molar-refractivity contribution in [2.45, 2.75) is 39.8 Å². The van der Waals surface area contributed by atoms with Crippen LogP contribution in [0, 0.1) is 5.41 Å². The second-order valence-corrected chi connectivity index (χ2v) is 6.71. The van der Waals surface area contributed by atoms with Crippen molar-refractivity contribution in [1.29, 1.82) is 0 Å². The van der Waals surface area contributed by atoms with Gasteiger partial charge in [-0.05, 0) is 42.0 Å². The van der Waals surface area contributed by atoms with Crippen LogP contribution < -0.4 is 15.2 Å². The number of fused-ring (bicyclic) bond motifs is 1. The second-order valence-electron chi connectivity index (χ2n) is 6.71. The van der Waals surface area contributed by atoms with Crippen LogP contribution in [0.5, 0.6) is 11.5 Å². The van der Waals surface area contributed by atoms with Gasteiger partial charge in [-0.15, -0.1) is 0 Å². The topological polar surface area (TPSA) is 47.7 Å². The van der Waals surface area contributed by atoms with Crippen LogP contribution in [0.4, 0.5) is 0 Å². The van der Waals surface area contributed by atoms with Crippen LogP contribution in [-0.4, -0.2) is 38.3 Å². The molecule has 1 unspecified atom stereocenters. The fourth-order valence-electron chi connectivity index (χ4n) is 2.80. The van der Waals surface area contributed by atoms with Crippen molar-refractivity contribution in [3.8, 4) is 11.5 Å². The average molecular weight is 292 g/mol. The molecule has 0 bridgehead atoms. The number of methoxy groups -OCH3 is 2. The van der Waals surface area contributed by atoms with E-state index in [-0.39, 0.29) is 11.5 Å². The zero-order valence-electron chi connectivity index (χ0n) is 13.9. The third kappa shape index (κ3) is 3.50. The first-order valence-electron chi connectivity index (χ1n) is 7.59. The number of hydrogen-bond donors (Lipinski definition) is 1. The molecule has 0 aliphatic carbocycles. The quantitative estimate of drug-likeness (QED) is 0.905. The Bertz CT molecular complexity index is 498. The summed E-state index contributed by atoms with van der Waals surface area (Å²) < 4.78 is 10.8. The highest BCUT2D eigenvalue weighted by Crippen LogP contribution is 2.34. The predicted molar refractivity (Wildman–Crippen MR) is 86.0 cm³/mol. The molecule has 1 aliphatic heterocycles. The van der Waals surface area contributed by atoms with Crippen LogP contribution in [0.1, 0.15) is 31.9 Å². The van der Waals surface area contributed by atoms with E-state index in [0.29, 0.717) is 0 Å². The molecular formula is C17H28N2O2. The van der Waals surface area contributed by atoms with E-state index in [2.05, 4.69) is 37.8 Å². The number of benzene rings is 1. The van der Waals surface area contributed by atoms with E-state index >= 15 is 0 Å². The molecule has 2 N–H and O–H groups in total. The van der Waals surface area contributed by atoms with Gasteiger partial charge in [-0.1, -0.05) is 13.8 Å². The standard InChI is InChI=1S/C17H28N2O2/c1-12(18)17(2,3)11-19-7-6-13-8-15(20-4)16(21-5)9-14(13)10-19/h8-9,12H,6-7,10-11,18H2,1-5H3. The smallest absolute Gasteiger partial charge is 0.161 e. The van der Waals surface area contributed by atoms with Crippen LogP contribution in [0.2, 0.25) is 0 Å². The fourth-order valence-corrected chi connectivity index (χ4v) is 2.80. The minimum Gasteiger partial charge on any atom is -0.493 e. The summed E-state index contributed by atoms with van der Waals surface area (Å²) in [6, 6.07) is 4.41. The van der Waals surface area contributed by atoms with Crippen molar-refractivity contribution in [2.24, 2.45) is 11.1 Å². The van der Waals surface area contributed by atoms with E-state index in [1.807, 2.05) is 0 Å². The molecule has 1 atom stereocenters. The predicted octanol–water partition coefficient (Wildman–Crippen LogP) is 2.44. The molecule has 0 saturated heterocycles. The van der Waals surface area contributed by atoms with Crippen LogP contribution in [0.25, 0.3) is 0 Å². The number of hydrogen-bond acceptors (Lipinski definition) is 4. The fraction of sp³-hybridized carbons (Fsp3) is 0.647. The largest absolute Gasteiger partial charge is 0.493 e. The maximum atomic E-state index is 6.10. The first-order chi connectivity index (χ1) is 9.87. The first kappa shape index (κ1) is 16.1. The van der Waals surface area contributed by atoms with Crippen molar-refractivity contribution < 1.29 is 9.47 Å². The number of ether oxygens (including phenoxy) is 2. The normalized spacial score (nSPS) is 17.2. The van der Waals surface area contributed by atoms with Crippen LogP contribution in [0.15, 0.2) is 12.1 Å². The van der Waals surface area contributed by atoms with Crippen molar-refractivity contribution in [1.82, 2.24) is 4.90 Å². The summed E-state index contributed by atoms with van der Waals surface area (Å²) >= 11 is 0. The van der Waals surface area contributed by atoms with Crippen molar-refractivity contribution in [3.63, 3.8) is 0 Å².